The van der Waals surface area contributed by atoms with Crippen molar-refractivity contribution < 1.29 is 9.90 Å². The smallest absolute Gasteiger partial charge is 0.303 e. The number of nitrogens with zero attached hydrogens (tertiary/aromatic N) is 1. The van der Waals surface area contributed by atoms with Gasteiger partial charge in [0.2, 0.25) is 0 Å². The summed E-state index contributed by atoms with van der Waals surface area (Å²) < 4.78 is 0. The summed E-state index contributed by atoms with van der Waals surface area (Å²) in [5, 5.41) is 8.73. The van der Waals surface area contributed by atoms with E-state index in [0.29, 0.717) is 12.0 Å². The molecule has 1 aliphatic carbocycles. The summed E-state index contributed by atoms with van der Waals surface area (Å²) in [5.74, 6) is -0.0923. The zero-order chi connectivity index (χ0) is 14.5. The lowest BCUT2D eigenvalue weighted by atomic mass is 9.92. The van der Waals surface area contributed by atoms with Crippen molar-refractivity contribution in [3.8, 4) is 0 Å². The van der Waals surface area contributed by atoms with E-state index in [2.05, 4.69) is 43.1 Å². The normalized spacial score (nSPS) is 22.4. The maximum atomic E-state index is 10.6. The van der Waals surface area contributed by atoms with E-state index < -0.39 is 5.97 Å². The molecule has 1 aliphatic rings. The van der Waals surface area contributed by atoms with Crippen molar-refractivity contribution in [1.82, 2.24) is 4.90 Å². The number of carboxylic acids is 1. The van der Waals surface area contributed by atoms with Crippen molar-refractivity contribution in [3.05, 3.63) is 35.4 Å². The van der Waals surface area contributed by atoms with Gasteiger partial charge in [-0.25, -0.2) is 0 Å². The first-order valence-corrected chi connectivity index (χ1v) is 7.56. The molecule has 0 aromatic heterocycles. The molecule has 3 heteroatoms. The first kappa shape index (κ1) is 15.0. The number of aliphatic carboxylic acids is 1. The molecule has 2 unspecified atom stereocenters. The zero-order valence-corrected chi connectivity index (χ0v) is 12.5. The number of benzene rings is 1. The van der Waals surface area contributed by atoms with Gasteiger partial charge in [0.1, 0.15) is 0 Å². The molecule has 0 spiro atoms. The monoisotopic (exact) mass is 275 g/mol. The lowest BCUT2D eigenvalue weighted by Gasteiger charge is -2.30. The minimum Gasteiger partial charge on any atom is -0.481 e. The highest BCUT2D eigenvalue weighted by Gasteiger charge is 2.31. The van der Waals surface area contributed by atoms with Gasteiger partial charge in [-0.15, -0.1) is 0 Å². The molecule has 0 saturated heterocycles. The van der Waals surface area contributed by atoms with Gasteiger partial charge < -0.3 is 10.0 Å². The van der Waals surface area contributed by atoms with Crippen LogP contribution in [-0.4, -0.2) is 35.6 Å². The third kappa shape index (κ3) is 3.83. The molecular formula is C17H25NO2. The number of carbonyl (C=O) groups is 1. The Hall–Kier alpha value is -1.35. The standard InChI is InChI=1S/C17H25NO2/c1-13-8-10-14(11-9-13)15-5-3-6-16(15)18(2)12-4-7-17(19)20/h8-11,15-16H,3-7,12H2,1-2H3,(H,19,20). The van der Waals surface area contributed by atoms with Crippen LogP contribution in [-0.2, 0) is 4.79 Å². The van der Waals surface area contributed by atoms with E-state index in [1.807, 2.05) is 0 Å². The molecule has 2 atom stereocenters. The lowest BCUT2D eigenvalue weighted by Crippen LogP contribution is -2.34. The second kappa shape index (κ2) is 6.89. The van der Waals surface area contributed by atoms with E-state index in [0.717, 1.165) is 13.0 Å². The average Bonchev–Trinajstić information content (AvgIpc) is 2.88. The summed E-state index contributed by atoms with van der Waals surface area (Å²) >= 11 is 0. The number of carboxylic acid groups (broad SMARTS) is 1. The number of likely N-dealkylation sites (N-methyl/N-ethyl adjacent to an activating group) is 1. The summed E-state index contributed by atoms with van der Waals surface area (Å²) in [4.78, 5) is 13.0. The van der Waals surface area contributed by atoms with Crippen LogP contribution in [0.1, 0.15) is 49.1 Å². The fourth-order valence-electron chi connectivity index (χ4n) is 3.32. The maximum absolute atomic E-state index is 10.6. The molecule has 1 saturated carbocycles. The minimum absolute atomic E-state index is 0.270. The maximum Gasteiger partial charge on any atom is 0.303 e. The molecule has 1 N–H and O–H groups in total. The highest BCUT2D eigenvalue weighted by molar-refractivity contribution is 5.66. The quantitative estimate of drug-likeness (QED) is 0.864. The van der Waals surface area contributed by atoms with Crippen LogP contribution < -0.4 is 0 Å². The summed E-state index contributed by atoms with van der Waals surface area (Å²) in [6.45, 7) is 2.99. The summed E-state index contributed by atoms with van der Waals surface area (Å²) in [5.41, 5.74) is 2.74. The first-order valence-electron chi connectivity index (χ1n) is 7.56. The molecule has 1 aromatic carbocycles. The van der Waals surface area contributed by atoms with E-state index in [1.54, 1.807) is 0 Å². The molecule has 0 amide bonds. The Labute approximate surface area is 121 Å². The van der Waals surface area contributed by atoms with Gasteiger partial charge in [0.25, 0.3) is 0 Å². The molecule has 110 valence electrons. The SMILES string of the molecule is Cc1ccc(C2CCCC2N(C)CCCC(=O)O)cc1. The number of rotatable bonds is 6. The van der Waals surface area contributed by atoms with Crippen LogP contribution in [0.4, 0.5) is 0 Å². The van der Waals surface area contributed by atoms with Crippen LogP contribution in [0.3, 0.4) is 0 Å². The second-order valence-electron chi connectivity index (χ2n) is 5.99. The Morgan fingerprint density at radius 1 is 1.30 bits per heavy atom. The molecule has 1 fully saturated rings. The molecule has 3 nitrogen and oxygen atoms in total. The fraction of sp³-hybridized carbons (Fsp3) is 0.588. The molecule has 0 aliphatic heterocycles. The van der Waals surface area contributed by atoms with Gasteiger partial charge in [-0.3, -0.25) is 4.79 Å². The van der Waals surface area contributed by atoms with Crippen molar-refractivity contribution in [2.75, 3.05) is 13.6 Å². The largest absolute Gasteiger partial charge is 0.481 e. The van der Waals surface area contributed by atoms with Crippen molar-refractivity contribution >= 4 is 5.97 Å². The molecular weight excluding hydrogens is 250 g/mol. The predicted molar refractivity (Wildman–Crippen MR) is 81.1 cm³/mol. The lowest BCUT2D eigenvalue weighted by molar-refractivity contribution is -0.137. The molecule has 0 heterocycles. The molecule has 20 heavy (non-hydrogen) atoms. The first-order chi connectivity index (χ1) is 9.58. The third-order valence-corrected chi connectivity index (χ3v) is 4.45. The van der Waals surface area contributed by atoms with Crippen LogP contribution >= 0.6 is 0 Å². The van der Waals surface area contributed by atoms with E-state index >= 15 is 0 Å². The average molecular weight is 275 g/mol. The van der Waals surface area contributed by atoms with E-state index in [-0.39, 0.29) is 6.42 Å². The van der Waals surface area contributed by atoms with Crippen LogP contribution in [0, 0.1) is 6.92 Å². The van der Waals surface area contributed by atoms with Crippen molar-refractivity contribution in [2.45, 2.75) is 51.0 Å². The van der Waals surface area contributed by atoms with Gasteiger partial charge in [0, 0.05) is 12.5 Å². The van der Waals surface area contributed by atoms with Crippen LogP contribution in [0.15, 0.2) is 24.3 Å². The van der Waals surface area contributed by atoms with Crippen LogP contribution in [0.25, 0.3) is 0 Å². The summed E-state index contributed by atoms with van der Waals surface area (Å²) in [6.07, 6.45) is 4.75. The fourth-order valence-corrected chi connectivity index (χ4v) is 3.32. The third-order valence-electron chi connectivity index (χ3n) is 4.45. The van der Waals surface area contributed by atoms with Crippen LogP contribution in [0.2, 0.25) is 0 Å². The van der Waals surface area contributed by atoms with E-state index in [4.69, 9.17) is 5.11 Å². The Bertz CT molecular complexity index is 441. The summed E-state index contributed by atoms with van der Waals surface area (Å²) in [7, 11) is 2.14. The van der Waals surface area contributed by atoms with Gasteiger partial charge >= 0.3 is 5.97 Å². The topological polar surface area (TPSA) is 40.5 Å². The number of aryl methyl sites for hydroxylation is 1. The van der Waals surface area contributed by atoms with Gasteiger partial charge in [-0.1, -0.05) is 36.2 Å². The molecule has 1 aromatic rings. The Morgan fingerprint density at radius 2 is 2.00 bits per heavy atom. The number of hydrogen-bond donors (Lipinski definition) is 1. The van der Waals surface area contributed by atoms with E-state index in [9.17, 15) is 4.79 Å². The van der Waals surface area contributed by atoms with Crippen molar-refractivity contribution in [1.29, 1.82) is 0 Å². The molecule has 2 rings (SSSR count). The van der Waals surface area contributed by atoms with Crippen LogP contribution in [0.5, 0.6) is 0 Å². The molecule has 0 bridgehead atoms. The minimum atomic E-state index is -0.695. The zero-order valence-electron chi connectivity index (χ0n) is 12.5. The Kier molecular flexibility index (Phi) is 5.18. The second-order valence-corrected chi connectivity index (χ2v) is 5.99. The Balaban J connectivity index is 1.96. The van der Waals surface area contributed by atoms with Gasteiger partial charge in [0.05, 0.1) is 0 Å². The summed E-state index contributed by atoms with van der Waals surface area (Å²) in [6, 6.07) is 9.45. The van der Waals surface area contributed by atoms with Crippen molar-refractivity contribution in [3.63, 3.8) is 0 Å². The Morgan fingerprint density at radius 3 is 2.65 bits per heavy atom. The van der Waals surface area contributed by atoms with Gasteiger partial charge in [0.15, 0.2) is 0 Å². The van der Waals surface area contributed by atoms with Gasteiger partial charge in [-0.05, 0) is 51.3 Å². The highest BCUT2D eigenvalue weighted by Crippen LogP contribution is 2.37. The van der Waals surface area contributed by atoms with E-state index in [1.165, 1.54) is 30.4 Å². The van der Waals surface area contributed by atoms with Crippen molar-refractivity contribution in [2.24, 2.45) is 0 Å². The number of hydrogen-bond acceptors (Lipinski definition) is 2. The highest BCUT2D eigenvalue weighted by atomic mass is 16.4. The van der Waals surface area contributed by atoms with Gasteiger partial charge in [-0.2, -0.15) is 0 Å². The molecule has 0 radical (unpaired) electrons. The predicted octanol–water partition coefficient (Wildman–Crippen LogP) is 3.43.